The molecule has 0 radical (unpaired) electrons. The second kappa shape index (κ2) is 5.42. The van der Waals surface area contributed by atoms with Crippen molar-refractivity contribution in [2.24, 2.45) is 0 Å². The summed E-state index contributed by atoms with van der Waals surface area (Å²) in [5, 5.41) is 2.54. The molecule has 2 unspecified atom stereocenters. The van der Waals surface area contributed by atoms with Gasteiger partial charge in [0.05, 0.1) is 0 Å². The Labute approximate surface area is 89.9 Å². The number of nitrogens with one attached hydrogen (secondary N) is 1. The summed E-state index contributed by atoms with van der Waals surface area (Å²) in [6, 6.07) is 9.67. The lowest BCUT2D eigenvalue weighted by Gasteiger charge is -2.16. The zero-order chi connectivity index (χ0) is 11.3. The van der Waals surface area contributed by atoms with E-state index in [9.17, 15) is 9.46 Å². The maximum atomic E-state index is 11.2. The van der Waals surface area contributed by atoms with Gasteiger partial charge in [0.1, 0.15) is 0 Å². The van der Waals surface area contributed by atoms with Crippen LogP contribution in [0.25, 0.3) is 0 Å². The van der Waals surface area contributed by atoms with Crippen LogP contribution in [0, 0.1) is 0 Å². The van der Waals surface area contributed by atoms with Crippen LogP contribution in [-0.2, 0) is 15.5 Å². The molecule has 0 aromatic heterocycles. The van der Waals surface area contributed by atoms with E-state index in [0.29, 0.717) is 6.42 Å². The molecule has 1 aromatic carbocycles. The lowest BCUT2D eigenvalue weighted by atomic mass is 10.1. The fourth-order valence-corrected chi connectivity index (χ4v) is 2.10. The first kappa shape index (κ1) is 12.4. The van der Waals surface area contributed by atoms with Crippen LogP contribution in [0.3, 0.4) is 0 Å². The van der Waals surface area contributed by atoms with Crippen molar-refractivity contribution in [2.45, 2.75) is 19.4 Å². The normalized spacial score (nSPS) is 17.0. The van der Waals surface area contributed by atoms with Gasteiger partial charge < -0.3 is 9.42 Å². The van der Waals surface area contributed by atoms with Crippen LogP contribution in [0.2, 0.25) is 0 Å². The van der Waals surface area contributed by atoms with Crippen molar-refractivity contribution in [1.82, 2.24) is 5.09 Å². The minimum absolute atomic E-state index is 0.108. The van der Waals surface area contributed by atoms with Crippen LogP contribution < -0.4 is 5.09 Å². The van der Waals surface area contributed by atoms with E-state index < -0.39 is 7.75 Å². The first-order valence-electron chi connectivity index (χ1n) is 4.74. The van der Waals surface area contributed by atoms with Crippen LogP contribution in [0.4, 0.5) is 0 Å². The number of hydrogen-bond donors (Lipinski definition) is 2. The van der Waals surface area contributed by atoms with Crippen LogP contribution in [0.1, 0.15) is 12.5 Å². The molecule has 0 saturated heterocycles. The maximum absolute atomic E-state index is 11.2. The van der Waals surface area contributed by atoms with E-state index in [1.54, 1.807) is 0 Å². The molecular weight excluding hydrogens is 213 g/mol. The summed E-state index contributed by atoms with van der Waals surface area (Å²) in [5.74, 6) is 0. The summed E-state index contributed by atoms with van der Waals surface area (Å²) in [4.78, 5) is 9.19. The van der Waals surface area contributed by atoms with Gasteiger partial charge in [0.25, 0.3) is 0 Å². The molecule has 0 bridgehead atoms. The van der Waals surface area contributed by atoms with Gasteiger partial charge >= 0.3 is 7.75 Å². The van der Waals surface area contributed by atoms with Gasteiger partial charge in [-0.25, -0.2) is 9.65 Å². The Bertz CT molecular complexity index is 342. The maximum Gasteiger partial charge on any atom is 0.402 e. The predicted octanol–water partition coefficient (Wildman–Crippen LogP) is 1.95. The Kier molecular flexibility index (Phi) is 4.48. The number of benzene rings is 1. The average Bonchev–Trinajstić information content (AvgIpc) is 2.18. The SMILES string of the molecule is COP(=O)(O)NC(C)Cc1ccccc1. The third-order valence-electron chi connectivity index (χ3n) is 2.02. The van der Waals surface area contributed by atoms with E-state index in [1.807, 2.05) is 37.3 Å². The van der Waals surface area contributed by atoms with Crippen LogP contribution in [-0.4, -0.2) is 18.0 Å². The summed E-state index contributed by atoms with van der Waals surface area (Å²) in [6.45, 7) is 1.84. The molecule has 84 valence electrons. The van der Waals surface area contributed by atoms with Gasteiger partial charge in [0.2, 0.25) is 0 Å². The first-order valence-corrected chi connectivity index (χ1v) is 6.31. The van der Waals surface area contributed by atoms with E-state index in [4.69, 9.17) is 0 Å². The molecule has 4 nitrogen and oxygen atoms in total. The number of hydrogen-bond acceptors (Lipinski definition) is 2. The minimum atomic E-state index is -3.62. The molecule has 0 aliphatic carbocycles. The Hall–Kier alpha value is -0.670. The standard InChI is InChI=1S/C10H16NO3P/c1-9(11-15(12,13)14-2)8-10-6-4-3-5-7-10/h3-7,9H,8H2,1-2H3,(H2,11,12,13). The highest BCUT2D eigenvalue weighted by molar-refractivity contribution is 7.50. The topological polar surface area (TPSA) is 58.6 Å². The molecule has 1 rings (SSSR count). The first-order chi connectivity index (χ1) is 7.03. The Morgan fingerprint density at radius 1 is 1.47 bits per heavy atom. The quantitative estimate of drug-likeness (QED) is 0.758. The summed E-state index contributed by atoms with van der Waals surface area (Å²) in [6.07, 6.45) is 0.689. The second-order valence-electron chi connectivity index (χ2n) is 3.42. The van der Waals surface area contributed by atoms with Gasteiger partial charge in [0, 0.05) is 13.2 Å². The van der Waals surface area contributed by atoms with Crippen molar-refractivity contribution in [2.75, 3.05) is 7.11 Å². The molecule has 0 heterocycles. The Balaban J connectivity index is 2.50. The highest BCUT2D eigenvalue weighted by Crippen LogP contribution is 2.36. The summed E-state index contributed by atoms with van der Waals surface area (Å²) in [7, 11) is -2.41. The van der Waals surface area contributed by atoms with Gasteiger partial charge in [-0.05, 0) is 18.9 Å². The van der Waals surface area contributed by atoms with Crippen LogP contribution in [0.5, 0.6) is 0 Å². The predicted molar refractivity (Wildman–Crippen MR) is 59.6 cm³/mol. The van der Waals surface area contributed by atoms with Crippen molar-refractivity contribution >= 4 is 7.75 Å². The summed E-state index contributed by atoms with van der Waals surface area (Å²) in [5.41, 5.74) is 1.12. The third-order valence-corrected chi connectivity index (χ3v) is 3.28. The van der Waals surface area contributed by atoms with Crippen molar-refractivity contribution in [3.05, 3.63) is 35.9 Å². The van der Waals surface area contributed by atoms with Gasteiger partial charge in [-0.3, -0.25) is 0 Å². The van der Waals surface area contributed by atoms with Gasteiger partial charge in [0.15, 0.2) is 0 Å². The fourth-order valence-electron chi connectivity index (χ4n) is 1.34. The molecule has 15 heavy (non-hydrogen) atoms. The summed E-state index contributed by atoms with van der Waals surface area (Å²) >= 11 is 0. The number of rotatable bonds is 5. The molecule has 0 spiro atoms. The zero-order valence-electron chi connectivity index (χ0n) is 8.88. The van der Waals surface area contributed by atoms with E-state index in [-0.39, 0.29) is 6.04 Å². The molecule has 1 aromatic rings. The van der Waals surface area contributed by atoms with Crippen LogP contribution in [0.15, 0.2) is 30.3 Å². The van der Waals surface area contributed by atoms with E-state index in [0.717, 1.165) is 5.56 Å². The molecular formula is C10H16NO3P. The van der Waals surface area contributed by atoms with Crippen LogP contribution >= 0.6 is 7.75 Å². The molecule has 0 aliphatic rings. The second-order valence-corrected chi connectivity index (χ2v) is 5.09. The largest absolute Gasteiger partial charge is 0.402 e. The molecule has 2 N–H and O–H groups in total. The van der Waals surface area contributed by atoms with E-state index >= 15 is 0 Å². The molecule has 0 aliphatic heterocycles. The highest BCUT2D eigenvalue weighted by atomic mass is 31.2. The van der Waals surface area contributed by atoms with Gasteiger partial charge in [-0.15, -0.1) is 0 Å². The van der Waals surface area contributed by atoms with Gasteiger partial charge in [-0.1, -0.05) is 30.3 Å². The molecule has 5 heteroatoms. The van der Waals surface area contributed by atoms with E-state index in [1.165, 1.54) is 7.11 Å². The molecule has 0 fully saturated rings. The van der Waals surface area contributed by atoms with Gasteiger partial charge in [-0.2, -0.15) is 0 Å². The zero-order valence-corrected chi connectivity index (χ0v) is 9.78. The third kappa shape index (κ3) is 4.58. The fraction of sp³-hybridized carbons (Fsp3) is 0.400. The molecule has 2 atom stereocenters. The van der Waals surface area contributed by atoms with Crippen molar-refractivity contribution in [3.63, 3.8) is 0 Å². The smallest absolute Gasteiger partial charge is 0.312 e. The highest BCUT2D eigenvalue weighted by Gasteiger charge is 2.19. The van der Waals surface area contributed by atoms with Crippen molar-refractivity contribution < 1.29 is 14.0 Å². The Morgan fingerprint density at radius 2 is 2.07 bits per heavy atom. The van der Waals surface area contributed by atoms with Crippen molar-refractivity contribution in [3.8, 4) is 0 Å². The lowest BCUT2D eigenvalue weighted by molar-refractivity contribution is 0.297. The molecule has 0 amide bonds. The van der Waals surface area contributed by atoms with E-state index in [2.05, 4.69) is 9.61 Å². The lowest BCUT2D eigenvalue weighted by Crippen LogP contribution is -2.25. The average molecular weight is 229 g/mol. The van der Waals surface area contributed by atoms with Crippen molar-refractivity contribution in [1.29, 1.82) is 0 Å². The molecule has 0 saturated carbocycles. The summed E-state index contributed by atoms with van der Waals surface area (Å²) < 4.78 is 15.7. The Morgan fingerprint density at radius 3 is 2.60 bits per heavy atom. The minimum Gasteiger partial charge on any atom is -0.312 e. The monoisotopic (exact) mass is 229 g/mol.